The van der Waals surface area contributed by atoms with Crippen LogP contribution in [0.4, 0.5) is 4.79 Å². The zero-order valence-electron chi connectivity index (χ0n) is 10.5. The van der Waals surface area contributed by atoms with E-state index in [2.05, 4.69) is 10.6 Å². The van der Waals surface area contributed by atoms with Crippen molar-refractivity contribution in [3.63, 3.8) is 0 Å². The van der Waals surface area contributed by atoms with Gasteiger partial charge < -0.3 is 15.4 Å². The second-order valence-corrected chi connectivity index (χ2v) is 3.91. The first-order chi connectivity index (χ1) is 8.76. The van der Waals surface area contributed by atoms with E-state index in [1.165, 1.54) is 0 Å². The Hall–Kier alpha value is -2.23. The Bertz CT molecular complexity index is 567. The Balaban J connectivity index is 2.37. The summed E-state index contributed by atoms with van der Waals surface area (Å²) >= 11 is 0. The maximum atomic E-state index is 11.2. The van der Waals surface area contributed by atoms with Gasteiger partial charge in [-0.3, -0.25) is 0 Å². The van der Waals surface area contributed by atoms with E-state index in [-0.39, 0.29) is 6.03 Å². The minimum atomic E-state index is -0.185. The molecule has 0 radical (unpaired) electrons. The normalized spacial score (nSPS) is 10.1. The lowest BCUT2D eigenvalue weighted by atomic mass is 10.0. The third-order valence-electron chi connectivity index (χ3n) is 2.86. The van der Waals surface area contributed by atoms with Crippen LogP contribution in [0.5, 0.6) is 5.75 Å². The SMILES string of the molecule is CNC(=O)NCc1ccc(OC)c2ccccc12. The quantitative estimate of drug-likeness (QED) is 0.870. The first-order valence-corrected chi connectivity index (χ1v) is 5.76. The molecule has 0 atom stereocenters. The number of benzene rings is 2. The summed E-state index contributed by atoms with van der Waals surface area (Å²) in [7, 11) is 3.26. The molecule has 0 aliphatic rings. The average Bonchev–Trinajstić information content (AvgIpc) is 2.44. The molecule has 0 saturated carbocycles. The van der Waals surface area contributed by atoms with Crippen molar-refractivity contribution in [3.8, 4) is 5.75 Å². The predicted molar refractivity (Wildman–Crippen MR) is 71.8 cm³/mol. The van der Waals surface area contributed by atoms with Gasteiger partial charge in [-0.1, -0.05) is 30.3 Å². The van der Waals surface area contributed by atoms with E-state index >= 15 is 0 Å². The molecule has 0 aliphatic carbocycles. The smallest absolute Gasteiger partial charge is 0.314 e. The molecule has 4 nitrogen and oxygen atoms in total. The van der Waals surface area contributed by atoms with Crippen molar-refractivity contribution in [2.24, 2.45) is 0 Å². The van der Waals surface area contributed by atoms with Gasteiger partial charge in [-0.15, -0.1) is 0 Å². The molecule has 18 heavy (non-hydrogen) atoms. The van der Waals surface area contributed by atoms with Gasteiger partial charge in [0.2, 0.25) is 0 Å². The zero-order valence-corrected chi connectivity index (χ0v) is 10.5. The summed E-state index contributed by atoms with van der Waals surface area (Å²) in [4.78, 5) is 11.2. The van der Waals surface area contributed by atoms with Crippen LogP contribution in [0.1, 0.15) is 5.56 Å². The van der Waals surface area contributed by atoms with Gasteiger partial charge in [-0.25, -0.2) is 4.79 Å². The molecule has 2 amide bonds. The summed E-state index contributed by atoms with van der Waals surface area (Å²) in [6.07, 6.45) is 0. The summed E-state index contributed by atoms with van der Waals surface area (Å²) in [6.45, 7) is 0.490. The minimum Gasteiger partial charge on any atom is -0.496 e. The summed E-state index contributed by atoms with van der Waals surface area (Å²) in [6, 6.07) is 11.7. The number of fused-ring (bicyclic) bond motifs is 1. The molecule has 2 N–H and O–H groups in total. The molecule has 0 heterocycles. The van der Waals surface area contributed by atoms with E-state index < -0.39 is 0 Å². The van der Waals surface area contributed by atoms with Gasteiger partial charge in [-0.05, 0) is 17.0 Å². The number of hydrogen-bond acceptors (Lipinski definition) is 2. The summed E-state index contributed by atoms with van der Waals surface area (Å²) < 4.78 is 5.33. The lowest BCUT2D eigenvalue weighted by molar-refractivity contribution is 0.242. The van der Waals surface area contributed by atoms with Crippen molar-refractivity contribution in [1.29, 1.82) is 0 Å². The summed E-state index contributed by atoms with van der Waals surface area (Å²) in [5, 5.41) is 7.46. The monoisotopic (exact) mass is 244 g/mol. The van der Waals surface area contributed by atoms with Crippen molar-refractivity contribution in [1.82, 2.24) is 10.6 Å². The second-order valence-electron chi connectivity index (χ2n) is 3.91. The number of ether oxygens (including phenoxy) is 1. The highest BCUT2D eigenvalue weighted by Crippen LogP contribution is 2.28. The van der Waals surface area contributed by atoms with Crippen molar-refractivity contribution in [2.75, 3.05) is 14.2 Å². The summed E-state index contributed by atoms with van der Waals surface area (Å²) in [5.41, 5.74) is 1.06. The maximum Gasteiger partial charge on any atom is 0.314 e. The van der Waals surface area contributed by atoms with Gasteiger partial charge in [0.25, 0.3) is 0 Å². The molecule has 0 saturated heterocycles. The highest BCUT2D eigenvalue weighted by atomic mass is 16.5. The Morgan fingerprint density at radius 2 is 1.89 bits per heavy atom. The van der Waals surface area contributed by atoms with Crippen molar-refractivity contribution >= 4 is 16.8 Å². The van der Waals surface area contributed by atoms with Crippen LogP contribution < -0.4 is 15.4 Å². The predicted octanol–water partition coefficient (Wildman–Crippen LogP) is 2.28. The number of carbonyl (C=O) groups is 1. The highest BCUT2D eigenvalue weighted by Gasteiger charge is 2.06. The third kappa shape index (κ3) is 2.37. The number of carbonyl (C=O) groups excluding carboxylic acids is 1. The number of nitrogens with one attached hydrogen (secondary N) is 2. The van der Waals surface area contributed by atoms with Crippen LogP contribution in [0.3, 0.4) is 0 Å². The van der Waals surface area contributed by atoms with E-state index in [0.717, 1.165) is 22.1 Å². The fourth-order valence-electron chi connectivity index (χ4n) is 1.93. The van der Waals surface area contributed by atoms with Crippen LogP contribution in [0.25, 0.3) is 10.8 Å². The molecule has 0 aliphatic heterocycles. The van der Waals surface area contributed by atoms with Crippen LogP contribution in [0.15, 0.2) is 36.4 Å². The summed E-state index contributed by atoms with van der Waals surface area (Å²) in [5.74, 6) is 0.842. The molecular formula is C14H16N2O2. The van der Waals surface area contributed by atoms with E-state index in [0.29, 0.717) is 6.54 Å². The van der Waals surface area contributed by atoms with E-state index in [1.807, 2.05) is 36.4 Å². The lowest BCUT2D eigenvalue weighted by Crippen LogP contribution is -2.32. The van der Waals surface area contributed by atoms with Gasteiger partial charge in [0, 0.05) is 19.0 Å². The zero-order chi connectivity index (χ0) is 13.0. The molecular weight excluding hydrogens is 228 g/mol. The molecule has 0 bridgehead atoms. The fraction of sp³-hybridized carbons (Fsp3) is 0.214. The Morgan fingerprint density at radius 3 is 2.56 bits per heavy atom. The third-order valence-corrected chi connectivity index (χ3v) is 2.86. The Kier molecular flexibility index (Phi) is 3.67. The van der Waals surface area contributed by atoms with Crippen molar-refractivity contribution in [3.05, 3.63) is 42.0 Å². The molecule has 0 spiro atoms. The van der Waals surface area contributed by atoms with Crippen LogP contribution >= 0.6 is 0 Å². The molecule has 2 rings (SSSR count). The highest BCUT2D eigenvalue weighted by molar-refractivity contribution is 5.91. The largest absolute Gasteiger partial charge is 0.496 e. The first kappa shape index (κ1) is 12.2. The lowest BCUT2D eigenvalue weighted by Gasteiger charge is -2.11. The molecule has 0 unspecified atom stereocenters. The standard InChI is InChI=1S/C14H16N2O2/c1-15-14(17)16-9-10-7-8-13(18-2)12-6-4-3-5-11(10)12/h3-8H,9H2,1-2H3,(H2,15,16,17). The van der Waals surface area contributed by atoms with Gasteiger partial charge >= 0.3 is 6.03 Å². The molecule has 2 aromatic carbocycles. The van der Waals surface area contributed by atoms with Gasteiger partial charge in [0.1, 0.15) is 5.75 Å². The van der Waals surface area contributed by atoms with Crippen LogP contribution in [-0.4, -0.2) is 20.2 Å². The molecule has 0 fully saturated rings. The number of amides is 2. The van der Waals surface area contributed by atoms with E-state index in [9.17, 15) is 4.79 Å². The van der Waals surface area contributed by atoms with E-state index in [4.69, 9.17) is 4.74 Å². The Labute approximate surface area is 106 Å². The fourth-order valence-corrected chi connectivity index (χ4v) is 1.93. The molecule has 0 aromatic heterocycles. The van der Waals surface area contributed by atoms with E-state index in [1.54, 1.807) is 14.2 Å². The van der Waals surface area contributed by atoms with Crippen molar-refractivity contribution < 1.29 is 9.53 Å². The Morgan fingerprint density at radius 1 is 1.17 bits per heavy atom. The van der Waals surface area contributed by atoms with Crippen LogP contribution in [0.2, 0.25) is 0 Å². The number of hydrogen-bond donors (Lipinski definition) is 2. The van der Waals surface area contributed by atoms with Gasteiger partial charge in [0.05, 0.1) is 7.11 Å². The van der Waals surface area contributed by atoms with Crippen molar-refractivity contribution in [2.45, 2.75) is 6.54 Å². The molecule has 4 heteroatoms. The van der Waals surface area contributed by atoms with Gasteiger partial charge in [-0.2, -0.15) is 0 Å². The van der Waals surface area contributed by atoms with Gasteiger partial charge in [0.15, 0.2) is 0 Å². The number of methoxy groups -OCH3 is 1. The molecule has 94 valence electrons. The van der Waals surface area contributed by atoms with Crippen LogP contribution in [0, 0.1) is 0 Å². The number of rotatable bonds is 3. The molecule has 2 aromatic rings. The minimum absolute atomic E-state index is 0.185. The topological polar surface area (TPSA) is 50.4 Å². The first-order valence-electron chi connectivity index (χ1n) is 5.76. The second kappa shape index (κ2) is 5.40. The average molecular weight is 244 g/mol. The maximum absolute atomic E-state index is 11.2. The van der Waals surface area contributed by atoms with Crippen LogP contribution in [-0.2, 0) is 6.54 Å². The number of urea groups is 1.